The van der Waals surface area contributed by atoms with E-state index in [0.29, 0.717) is 42.0 Å². The van der Waals surface area contributed by atoms with Crippen molar-refractivity contribution in [3.05, 3.63) is 76.6 Å². The van der Waals surface area contributed by atoms with E-state index >= 15 is 0 Å². The Hall–Kier alpha value is -4.05. The summed E-state index contributed by atoms with van der Waals surface area (Å²) in [5.41, 5.74) is 2.37. The number of halogens is 1. The molecule has 0 aliphatic carbocycles. The first kappa shape index (κ1) is 28.5. The molecule has 1 amide bonds. The van der Waals surface area contributed by atoms with Crippen molar-refractivity contribution < 1.29 is 13.9 Å². The summed E-state index contributed by atoms with van der Waals surface area (Å²) >= 11 is 0. The first-order valence-electron chi connectivity index (χ1n) is 13.9. The number of piperazine rings is 1. The van der Waals surface area contributed by atoms with Crippen molar-refractivity contribution in [1.82, 2.24) is 24.2 Å². The number of rotatable bonds is 6. The minimum atomic E-state index is -0.396. The van der Waals surface area contributed by atoms with Crippen LogP contribution in [0.25, 0.3) is 22.0 Å². The summed E-state index contributed by atoms with van der Waals surface area (Å²) in [4.78, 5) is 38.9. The van der Waals surface area contributed by atoms with Gasteiger partial charge in [-0.2, -0.15) is 0 Å². The van der Waals surface area contributed by atoms with Crippen LogP contribution < -0.4 is 10.5 Å². The first-order chi connectivity index (χ1) is 19.4. The summed E-state index contributed by atoms with van der Waals surface area (Å²) in [6, 6.07) is 11.8. The van der Waals surface area contributed by atoms with Gasteiger partial charge in [-0.1, -0.05) is 24.3 Å². The minimum Gasteiger partial charge on any atom is -0.366 e. The van der Waals surface area contributed by atoms with Crippen LogP contribution in [-0.2, 0) is 16.6 Å². The second kappa shape index (κ2) is 11.1. The molecule has 2 atom stereocenters. The van der Waals surface area contributed by atoms with Gasteiger partial charge in [-0.15, -0.1) is 0 Å². The Kier molecular flexibility index (Phi) is 7.70. The second-order valence-corrected chi connectivity index (χ2v) is 11.7. The topological polar surface area (TPSA) is 85.5 Å². The second-order valence-electron chi connectivity index (χ2n) is 11.7. The van der Waals surface area contributed by atoms with Crippen LogP contribution in [-0.4, -0.2) is 68.0 Å². The van der Waals surface area contributed by atoms with Crippen LogP contribution in [0.2, 0.25) is 0 Å². The zero-order valence-corrected chi connectivity index (χ0v) is 24.5. The van der Waals surface area contributed by atoms with Crippen LogP contribution in [0.15, 0.2) is 59.7 Å². The SMILES string of the molecule is CC1CN(c2ncc(-c3ccc4c(=O)n(C)n(C(C)c5ccccc5F)c4c3)cn2)CCN1C(=O)COC(C)(C)C. The van der Waals surface area contributed by atoms with Crippen LogP contribution in [0.5, 0.6) is 0 Å². The molecule has 1 saturated heterocycles. The van der Waals surface area contributed by atoms with Gasteiger partial charge in [0.15, 0.2) is 0 Å². The quantitative estimate of drug-likeness (QED) is 0.348. The Bertz CT molecular complexity index is 1620. The lowest BCUT2D eigenvalue weighted by atomic mass is 10.1. The Morgan fingerprint density at radius 3 is 2.46 bits per heavy atom. The third-order valence-corrected chi connectivity index (χ3v) is 7.65. The molecule has 1 aliphatic rings. The van der Waals surface area contributed by atoms with Gasteiger partial charge in [-0.25, -0.2) is 14.4 Å². The van der Waals surface area contributed by atoms with Gasteiger partial charge in [0.05, 0.1) is 22.5 Å². The van der Waals surface area contributed by atoms with E-state index in [0.717, 1.165) is 11.1 Å². The number of amides is 1. The molecular formula is C31H37FN6O3. The number of hydrogen-bond acceptors (Lipinski definition) is 6. The van der Waals surface area contributed by atoms with Crippen LogP contribution in [0, 0.1) is 5.82 Å². The van der Waals surface area contributed by atoms with Gasteiger partial charge in [0.2, 0.25) is 11.9 Å². The molecule has 2 aromatic carbocycles. The van der Waals surface area contributed by atoms with Crippen molar-refractivity contribution in [2.75, 3.05) is 31.1 Å². The number of anilines is 1. The summed E-state index contributed by atoms with van der Waals surface area (Å²) in [5, 5.41) is 0.561. The zero-order valence-electron chi connectivity index (χ0n) is 24.5. The molecule has 0 spiro atoms. The number of benzene rings is 2. The maximum atomic E-state index is 14.6. The van der Waals surface area contributed by atoms with E-state index in [-0.39, 0.29) is 35.5 Å². The van der Waals surface area contributed by atoms with Gasteiger partial charge in [0, 0.05) is 56.2 Å². The molecule has 216 valence electrons. The molecule has 4 aromatic rings. The molecule has 41 heavy (non-hydrogen) atoms. The number of fused-ring (bicyclic) bond motifs is 1. The molecule has 5 rings (SSSR count). The molecule has 3 heterocycles. The maximum absolute atomic E-state index is 14.6. The van der Waals surface area contributed by atoms with E-state index in [1.54, 1.807) is 43.7 Å². The molecule has 2 aromatic heterocycles. The van der Waals surface area contributed by atoms with Crippen molar-refractivity contribution in [3.63, 3.8) is 0 Å². The molecule has 0 N–H and O–H groups in total. The normalized spacial score (nSPS) is 16.8. The summed E-state index contributed by atoms with van der Waals surface area (Å²) in [6.45, 7) is 11.6. The van der Waals surface area contributed by atoms with E-state index in [9.17, 15) is 14.0 Å². The average molecular weight is 561 g/mol. The first-order valence-corrected chi connectivity index (χ1v) is 13.9. The number of nitrogens with zero attached hydrogens (tertiary/aromatic N) is 6. The third-order valence-electron chi connectivity index (χ3n) is 7.65. The molecule has 0 saturated carbocycles. The van der Waals surface area contributed by atoms with Crippen molar-refractivity contribution in [1.29, 1.82) is 0 Å². The summed E-state index contributed by atoms with van der Waals surface area (Å²) in [5.74, 6) is 0.277. The largest absolute Gasteiger partial charge is 0.366 e. The van der Waals surface area contributed by atoms with Crippen molar-refractivity contribution in [3.8, 4) is 11.1 Å². The molecular weight excluding hydrogens is 523 g/mol. The summed E-state index contributed by atoms with van der Waals surface area (Å²) in [7, 11) is 1.70. The number of carbonyl (C=O) groups excluding carboxylic acids is 1. The Morgan fingerprint density at radius 2 is 1.80 bits per heavy atom. The molecule has 0 bridgehead atoms. The fraction of sp³-hybridized carbons (Fsp3) is 0.419. The van der Waals surface area contributed by atoms with E-state index in [2.05, 4.69) is 14.9 Å². The summed E-state index contributed by atoms with van der Waals surface area (Å²) in [6.07, 6.45) is 3.54. The molecule has 0 radical (unpaired) electrons. The monoisotopic (exact) mass is 560 g/mol. The van der Waals surface area contributed by atoms with Gasteiger partial charge in [0.1, 0.15) is 12.4 Å². The number of carbonyl (C=O) groups is 1. The Morgan fingerprint density at radius 1 is 1.10 bits per heavy atom. The standard InChI is InChI=1S/C31H37FN6O3/c1-20-18-36(13-14-37(20)28(39)19-41-31(3,4)5)30-33-16-23(17-34-30)22-11-12-25-27(15-22)38(35(6)29(25)40)21(2)24-9-7-8-10-26(24)32/h7-12,15-17,20-21H,13-14,18-19H2,1-6H3. The van der Waals surface area contributed by atoms with Crippen LogP contribution >= 0.6 is 0 Å². The van der Waals surface area contributed by atoms with Crippen LogP contribution in [0.3, 0.4) is 0 Å². The van der Waals surface area contributed by atoms with Gasteiger partial charge >= 0.3 is 0 Å². The third kappa shape index (κ3) is 5.74. The molecule has 2 unspecified atom stereocenters. The highest BCUT2D eigenvalue weighted by Crippen LogP contribution is 2.28. The van der Waals surface area contributed by atoms with E-state index < -0.39 is 6.04 Å². The fourth-order valence-corrected chi connectivity index (χ4v) is 5.43. The highest BCUT2D eigenvalue weighted by molar-refractivity contribution is 5.84. The number of ether oxygens (including phenoxy) is 1. The lowest BCUT2D eigenvalue weighted by molar-refractivity contribution is -0.143. The molecule has 10 heteroatoms. The van der Waals surface area contributed by atoms with Crippen molar-refractivity contribution in [2.45, 2.75) is 52.3 Å². The maximum Gasteiger partial charge on any atom is 0.274 e. The number of aromatic nitrogens is 4. The van der Waals surface area contributed by atoms with Gasteiger partial charge in [-0.05, 0) is 58.4 Å². The molecule has 1 aliphatic heterocycles. The van der Waals surface area contributed by atoms with Crippen molar-refractivity contribution in [2.24, 2.45) is 7.05 Å². The van der Waals surface area contributed by atoms with Gasteiger partial charge in [-0.3, -0.25) is 19.0 Å². The number of hydrogen-bond donors (Lipinski definition) is 0. The van der Waals surface area contributed by atoms with Crippen LogP contribution in [0.4, 0.5) is 10.3 Å². The average Bonchev–Trinajstić information content (AvgIpc) is 3.20. The van der Waals surface area contributed by atoms with E-state index in [1.807, 2.05) is 56.3 Å². The Labute approximate surface area is 239 Å². The zero-order chi connectivity index (χ0) is 29.5. The lowest BCUT2D eigenvalue weighted by Crippen LogP contribution is -2.55. The highest BCUT2D eigenvalue weighted by Gasteiger charge is 2.29. The van der Waals surface area contributed by atoms with E-state index in [4.69, 9.17) is 4.74 Å². The predicted octanol–water partition coefficient (Wildman–Crippen LogP) is 4.40. The fourth-order valence-electron chi connectivity index (χ4n) is 5.43. The van der Waals surface area contributed by atoms with Gasteiger partial charge in [0.25, 0.3) is 5.56 Å². The molecule has 1 fully saturated rings. The predicted molar refractivity (Wildman–Crippen MR) is 158 cm³/mol. The van der Waals surface area contributed by atoms with Gasteiger partial charge < -0.3 is 14.5 Å². The molecule has 9 nitrogen and oxygen atoms in total. The van der Waals surface area contributed by atoms with Crippen molar-refractivity contribution >= 4 is 22.8 Å². The smallest absolute Gasteiger partial charge is 0.274 e. The lowest BCUT2D eigenvalue weighted by Gasteiger charge is -2.40. The van der Waals surface area contributed by atoms with Crippen LogP contribution in [0.1, 0.15) is 46.2 Å². The van der Waals surface area contributed by atoms with E-state index in [1.165, 1.54) is 10.7 Å². The Balaban J connectivity index is 1.35. The summed E-state index contributed by atoms with van der Waals surface area (Å²) < 4.78 is 23.6. The minimum absolute atomic E-state index is 0.00300. The highest BCUT2D eigenvalue weighted by atomic mass is 19.1.